The molecule has 1 heterocycles. The van der Waals surface area contributed by atoms with Crippen LogP contribution in [0.2, 0.25) is 0 Å². The number of non-ortho nitro benzene ring substituents is 1. The van der Waals surface area contributed by atoms with E-state index in [2.05, 4.69) is 0 Å². The minimum absolute atomic E-state index is 0.0236. The van der Waals surface area contributed by atoms with Crippen LogP contribution in [-0.2, 0) is 14.2 Å². The average molecular weight is 279 g/mol. The standard InChI is InChI=1S/C14H17NO5/c1-18-14(19-2)13-9-11(15(16)17)3-4-12(13)10-5-7-20-8-6-10/h3-5,9,14H,6-8H2,1-2H3. The van der Waals surface area contributed by atoms with Crippen LogP contribution >= 0.6 is 0 Å². The zero-order chi connectivity index (χ0) is 14.5. The molecule has 1 aliphatic heterocycles. The van der Waals surface area contributed by atoms with E-state index in [0.29, 0.717) is 18.8 Å². The van der Waals surface area contributed by atoms with Gasteiger partial charge in [0.2, 0.25) is 0 Å². The first-order chi connectivity index (χ1) is 9.67. The molecule has 6 nitrogen and oxygen atoms in total. The molecule has 0 atom stereocenters. The Morgan fingerprint density at radius 3 is 2.65 bits per heavy atom. The summed E-state index contributed by atoms with van der Waals surface area (Å²) in [6.07, 6.45) is 2.12. The molecule has 1 aliphatic rings. The lowest BCUT2D eigenvalue weighted by molar-refractivity contribution is -0.385. The van der Waals surface area contributed by atoms with Crippen LogP contribution in [0, 0.1) is 10.1 Å². The maximum Gasteiger partial charge on any atom is 0.269 e. The SMILES string of the molecule is COC(OC)c1cc([N+](=O)[O-])ccc1C1=CCOCC1. The van der Waals surface area contributed by atoms with Crippen LogP contribution < -0.4 is 0 Å². The first-order valence-electron chi connectivity index (χ1n) is 6.28. The monoisotopic (exact) mass is 279 g/mol. The van der Waals surface area contributed by atoms with E-state index in [0.717, 1.165) is 17.6 Å². The van der Waals surface area contributed by atoms with Crippen molar-refractivity contribution in [2.45, 2.75) is 12.7 Å². The van der Waals surface area contributed by atoms with Crippen LogP contribution in [0.25, 0.3) is 5.57 Å². The number of rotatable bonds is 5. The minimum Gasteiger partial charge on any atom is -0.377 e. The van der Waals surface area contributed by atoms with Crippen LogP contribution in [0.3, 0.4) is 0 Å². The molecule has 0 unspecified atom stereocenters. The van der Waals surface area contributed by atoms with Gasteiger partial charge >= 0.3 is 0 Å². The van der Waals surface area contributed by atoms with Crippen molar-refractivity contribution in [3.63, 3.8) is 0 Å². The molecule has 0 aromatic heterocycles. The largest absolute Gasteiger partial charge is 0.377 e. The van der Waals surface area contributed by atoms with Gasteiger partial charge in [0, 0.05) is 31.9 Å². The topological polar surface area (TPSA) is 70.8 Å². The van der Waals surface area contributed by atoms with Gasteiger partial charge in [-0.3, -0.25) is 10.1 Å². The second-order valence-electron chi connectivity index (χ2n) is 4.39. The number of methoxy groups -OCH3 is 2. The molecule has 0 spiro atoms. The van der Waals surface area contributed by atoms with Crippen LogP contribution in [0.1, 0.15) is 23.8 Å². The van der Waals surface area contributed by atoms with Gasteiger partial charge in [-0.2, -0.15) is 0 Å². The van der Waals surface area contributed by atoms with Crippen molar-refractivity contribution < 1.29 is 19.1 Å². The lowest BCUT2D eigenvalue weighted by Gasteiger charge is -2.21. The Balaban J connectivity index is 2.49. The highest BCUT2D eigenvalue weighted by Crippen LogP contribution is 2.32. The van der Waals surface area contributed by atoms with E-state index < -0.39 is 11.2 Å². The number of nitro groups is 1. The molecule has 0 radical (unpaired) electrons. The molecule has 0 aliphatic carbocycles. The predicted molar refractivity (Wildman–Crippen MR) is 73.3 cm³/mol. The van der Waals surface area contributed by atoms with E-state index in [1.807, 2.05) is 6.08 Å². The fraction of sp³-hybridized carbons (Fsp3) is 0.429. The Morgan fingerprint density at radius 1 is 1.35 bits per heavy atom. The van der Waals surface area contributed by atoms with Crippen molar-refractivity contribution in [2.24, 2.45) is 0 Å². The Hall–Kier alpha value is -1.76. The number of hydrogen-bond acceptors (Lipinski definition) is 5. The van der Waals surface area contributed by atoms with Gasteiger partial charge in [0.25, 0.3) is 5.69 Å². The minimum atomic E-state index is -0.631. The summed E-state index contributed by atoms with van der Waals surface area (Å²) in [5, 5.41) is 10.9. The summed E-state index contributed by atoms with van der Waals surface area (Å²) in [7, 11) is 3.02. The highest BCUT2D eigenvalue weighted by molar-refractivity contribution is 5.70. The molecule has 0 saturated carbocycles. The van der Waals surface area contributed by atoms with Crippen LogP contribution in [0.5, 0.6) is 0 Å². The summed E-state index contributed by atoms with van der Waals surface area (Å²) in [5.74, 6) is 0. The molecule has 108 valence electrons. The zero-order valence-corrected chi connectivity index (χ0v) is 11.5. The summed E-state index contributed by atoms with van der Waals surface area (Å²) < 4.78 is 15.8. The van der Waals surface area contributed by atoms with Gasteiger partial charge in [-0.05, 0) is 23.6 Å². The molecule has 0 fully saturated rings. The molecule has 0 amide bonds. The van der Waals surface area contributed by atoms with E-state index in [-0.39, 0.29) is 5.69 Å². The number of nitrogens with zero attached hydrogens (tertiary/aromatic N) is 1. The quantitative estimate of drug-likeness (QED) is 0.471. The Morgan fingerprint density at radius 2 is 2.10 bits per heavy atom. The van der Waals surface area contributed by atoms with Gasteiger partial charge in [0.1, 0.15) is 0 Å². The summed E-state index contributed by atoms with van der Waals surface area (Å²) in [5.41, 5.74) is 2.70. The van der Waals surface area contributed by atoms with Crippen LogP contribution in [-0.4, -0.2) is 32.4 Å². The van der Waals surface area contributed by atoms with Crippen molar-refractivity contribution >= 4 is 11.3 Å². The van der Waals surface area contributed by atoms with Gasteiger partial charge < -0.3 is 14.2 Å². The molecule has 1 aromatic rings. The van der Waals surface area contributed by atoms with Crippen LogP contribution in [0.15, 0.2) is 24.3 Å². The maximum absolute atomic E-state index is 10.9. The lowest BCUT2D eigenvalue weighted by atomic mass is 9.95. The second kappa shape index (κ2) is 6.60. The first-order valence-corrected chi connectivity index (χ1v) is 6.28. The van der Waals surface area contributed by atoms with Crippen molar-refractivity contribution in [3.8, 4) is 0 Å². The normalized spacial score (nSPS) is 15.2. The fourth-order valence-electron chi connectivity index (χ4n) is 2.27. The lowest BCUT2D eigenvalue weighted by Crippen LogP contribution is -2.10. The van der Waals surface area contributed by atoms with Crippen LogP contribution in [0.4, 0.5) is 5.69 Å². The van der Waals surface area contributed by atoms with Crippen molar-refractivity contribution in [3.05, 3.63) is 45.5 Å². The molecular weight excluding hydrogens is 262 g/mol. The molecule has 6 heteroatoms. The van der Waals surface area contributed by atoms with Gasteiger partial charge in [-0.15, -0.1) is 0 Å². The van der Waals surface area contributed by atoms with E-state index >= 15 is 0 Å². The summed E-state index contributed by atoms with van der Waals surface area (Å²) in [4.78, 5) is 10.5. The highest BCUT2D eigenvalue weighted by Gasteiger charge is 2.21. The highest BCUT2D eigenvalue weighted by atomic mass is 16.7. The predicted octanol–water partition coefficient (Wildman–Crippen LogP) is 2.69. The number of hydrogen-bond donors (Lipinski definition) is 0. The Labute approximate surface area is 117 Å². The van der Waals surface area contributed by atoms with Gasteiger partial charge in [-0.25, -0.2) is 0 Å². The number of benzene rings is 1. The van der Waals surface area contributed by atoms with Crippen molar-refractivity contribution in [2.75, 3.05) is 27.4 Å². The third kappa shape index (κ3) is 3.04. The van der Waals surface area contributed by atoms with Crippen molar-refractivity contribution in [1.29, 1.82) is 0 Å². The molecule has 20 heavy (non-hydrogen) atoms. The van der Waals surface area contributed by atoms with Gasteiger partial charge in [0.15, 0.2) is 6.29 Å². The van der Waals surface area contributed by atoms with Gasteiger partial charge in [-0.1, -0.05) is 6.08 Å². The molecule has 0 saturated heterocycles. The zero-order valence-electron chi connectivity index (χ0n) is 11.5. The Kier molecular flexibility index (Phi) is 4.84. The van der Waals surface area contributed by atoms with E-state index in [9.17, 15) is 10.1 Å². The summed E-state index contributed by atoms with van der Waals surface area (Å²) >= 11 is 0. The molecule has 0 N–H and O–H groups in total. The van der Waals surface area contributed by atoms with E-state index in [1.165, 1.54) is 26.4 Å². The molecule has 2 rings (SSSR count). The van der Waals surface area contributed by atoms with Gasteiger partial charge in [0.05, 0.1) is 18.1 Å². The second-order valence-corrected chi connectivity index (χ2v) is 4.39. The smallest absolute Gasteiger partial charge is 0.269 e. The first kappa shape index (κ1) is 14.6. The molecule has 0 bridgehead atoms. The average Bonchev–Trinajstić information content (AvgIpc) is 2.49. The summed E-state index contributed by atoms with van der Waals surface area (Å²) in [6, 6.07) is 4.75. The molecular formula is C14H17NO5. The third-order valence-electron chi connectivity index (χ3n) is 3.24. The number of nitro benzene ring substituents is 1. The van der Waals surface area contributed by atoms with Crippen molar-refractivity contribution in [1.82, 2.24) is 0 Å². The van der Waals surface area contributed by atoms with E-state index in [4.69, 9.17) is 14.2 Å². The maximum atomic E-state index is 10.9. The summed E-state index contributed by atoms with van der Waals surface area (Å²) in [6.45, 7) is 1.20. The fourth-order valence-corrected chi connectivity index (χ4v) is 2.27. The molecule has 1 aromatic carbocycles. The number of ether oxygens (including phenoxy) is 3. The Bertz CT molecular complexity index is 522. The third-order valence-corrected chi connectivity index (χ3v) is 3.24. The van der Waals surface area contributed by atoms with E-state index in [1.54, 1.807) is 6.07 Å².